The maximum absolute atomic E-state index is 12.7. The standard InChI is InChI=1S/C21H25ClN2O5S/c1-15-6-3-4-8-19(15)24(30(2,26)27)13-21(25)23-18-12-16(22)9-10-20(18)29-14-17-7-5-11-28-17/h3-4,6,8-10,12,17H,5,7,11,13-14H2,1-2H3,(H,23,25). The number of anilines is 2. The van der Waals surface area contributed by atoms with Crippen LogP contribution in [-0.2, 0) is 19.6 Å². The molecule has 1 unspecified atom stereocenters. The molecule has 3 rings (SSSR count). The van der Waals surface area contributed by atoms with E-state index in [-0.39, 0.29) is 12.6 Å². The first-order valence-electron chi connectivity index (χ1n) is 9.61. The third-order valence-electron chi connectivity index (χ3n) is 4.74. The SMILES string of the molecule is Cc1ccccc1N(CC(=O)Nc1cc(Cl)ccc1OCC1CCCO1)S(C)(=O)=O. The minimum atomic E-state index is -3.67. The van der Waals surface area contributed by atoms with Crippen LogP contribution in [0.25, 0.3) is 0 Å². The number of rotatable bonds is 8. The average Bonchev–Trinajstić information content (AvgIpc) is 3.19. The number of nitrogens with one attached hydrogen (secondary N) is 1. The summed E-state index contributed by atoms with van der Waals surface area (Å²) in [5.41, 5.74) is 1.58. The van der Waals surface area contributed by atoms with E-state index in [4.69, 9.17) is 21.1 Å². The van der Waals surface area contributed by atoms with Crippen molar-refractivity contribution in [1.29, 1.82) is 0 Å². The number of carbonyl (C=O) groups excluding carboxylic acids is 1. The van der Waals surface area contributed by atoms with Gasteiger partial charge in [-0.05, 0) is 49.6 Å². The highest BCUT2D eigenvalue weighted by Gasteiger charge is 2.23. The van der Waals surface area contributed by atoms with Crippen molar-refractivity contribution in [2.75, 3.05) is 35.6 Å². The number of nitrogens with zero attached hydrogens (tertiary/aromatic N) is 1. The number of ether oxygens (including phenoxy) is 2. The quantitative estimate of drug-likeness (QED) is 0.661. The zero-order valence-corrected chi connectivity index (χ0v) is 18.5. The molecule has 2 aromatic rings. The molecular weight excluding hydrogens is 428 g/mol. The van der Waals surface area contributed by atoms with E-state index >= 15 is 0 Å². The molecule has 9 heteroatoms. The smallest absolute Gasteiger partial charge is 0.245 e. The molecule has 0 aromatic heterocycles. The molecule has 1 saturated heterocycles. The fraction of sp³-hybridized carbons (Fsp3) is 0.381. The van der Waals surface area contributed by atoms with Gasteiger partial charge in [-0.3, -0.25) is 9.10 Å². The highest BCUT2D eigenvalue weighted by atomic mass is 35.5. The fourth-order valence-corrected chi connectivity index (χ4v) is 4.31. The fourth-order valence-electron chi connectivity index (χ4n) is 3.23. The van der Waals surface area contributed by atoms with Gasteiger partial charge < -0.3 is 14.8 Å². The van der Waals surface area contributed by atoms with Crippen LogP contribution in [0, 0.1) is 6.92 Å². The maximum atomic E-state index is 12.7. The summed E-state index contributed by atoms with van der Waals surface area (Å²) in [6, 6.07) is 11.9. The van der Waals surface area contributed by atoms with E-state index in [0.29, 0.717) is 28.8 Å². The highest BCUT2D eigenvalue weighted by Crippen LogP contribution is 2.29. The van der Waals surface area contributed by atoms with Gasteiger partial charge in [0.25, 0.3) is 0 Å². The lowest BCUT2D eigenvalue weighted by Gasteiger charge is -2.24. The first-order valence-corrected chi connectivity index (χ1v) is 11.8. The Morgan fingerprint density at radius 2 is 2.07 bits per heavy atom. The summed E-state index contributed by atoms with van der Waals surface area (Å²) >= 11 is 6.08. The van der Waals surface area contributed by atoms with Crippen molar-refractivity contribution >= 4 is 38.9 Å². The summed E-state index contributed by atoms with van der Waals surface area (Å²) in [7, 11) is -3.67. The summed E-state index contributed by atoms with van der Waals surface area (Å²) in [6.07, 6.45) is 3.02. The zero-order chi connectivity index (χ0) is 21.7. The molecule has 2 aromatic carbocycles. The summed E-state index contributed by atoms with van der Waals surface area (Å²) in [6.45, 7) is 2.50. The minimum absolute atomic E-state index is 0.0195. The molecule has 0 radical (unpaired) electrons. The van der Waals surface area contributed by atoms with E-state index in [9.17, 15) is 13.2 Å². The molecule has 1 heterocycles. The van der Waals surface area contributed by atoms with E-state index in [0.717, 1.165) is 35.6 Å². The van der Waals surface area contributed by atoms with Crippen LogP contribution in [0.2, 0.25) is 5.02 Å². The number of amides is 1. The Kier molecular flexibility index (Phi) is 7.23. The van der Waals surface area contributed by atoms with Crippen LogP contribution in [0.15, 0.2) is 42.5 Å². The third-order valence-corrected chi connectivity index (χ3v) is 6.10. The van der Waals surface area contributed by atoms with Gasteiger partial charge in [-0.25, -0.2) is 8.42 Å². The van der Waals surface area contributed by atoms with Crippen LogP contribution in [0.1, 0.15) is 18.4 Å². The molecule has 0 bridgehead atoms. The van der Waals surface area contributed by atoms with Gasteiger partial charge in [0.05, 0.1) is 23.7 Å². The average molecular weight is 453 g/mol. The van der Waals surface area contributed by atoms with E-state index < -0.39 is 15.9 Å². The monoisotopic (exact) mass is 452 g/mol. The van der Waals surface area contributed by atoms with Crippen LogP contribution in [-0.4, -0.2) is 46.4 Å². The van der Waals surface area contributed by atoms with Crippen molar-refractivity contribution in [3.63, 3.8) is 0 Å². The van der Waals surface area contributed by atoms with Crippen molar-refractivity contribution < 1.29 is 22.7 Å². The minimum Gasteiger partial charge on any atom is -0.489 e. The Morgan fingerprint density at radius 1 is 1.30 bits per heavy atom. The number of hydrogen-bond donors (Lipinski definition) is 1. The van der Waals surface area contributed by atoms with Crippen LogP contribution < -0.4 is 14.4 Å². The summed E-state index contributed by atoms with van der Waals surface area (Å²) in [5, 5.41) is 3.15. The van der Waals surface area contributed by atoms with E-state index in [1.54, 1.807) is 43.3 Å². The van der Waals surface area contributed by atoms with E-state index in [1.165, 1.54) is 0 Å². The number of benzene rings is 2. The number of hydrogen-bond acceptors (Lipinski definition) is 5. The van der Waals surface area contributed by atoms with Crippen molar-refractivity contribution in [3.8, 4) is 5.75 Å². The predicted molar refractivity (Wildman–Crippen MR) is 118 cm³/mol. The van der Waals surface area contributed by atoms with Crippen LogP contribution in [0.3, 0.4) is 0 Å². The second kappa shape index (κ2) is 9.68. The molecule has 1 fully saturated rings. The number of carbonyl (C=O) groups is 1. The molecule has 0 spiro atoms. The van der Waals surface area contributed by atoms with Gasteiger partial charge in [0.2, 0.25) is 15.9 Å². The number of sulfonamides is 1. The van der Waals surface area contributed by atoms with Crippen LogP contribution in [0.4, 0.5) is 11.4 Å². The third kappa shape index (κ3) is 5.87. The summed E-state index contributed by atoms with van der Waals surface area (Å²) < 4.78 is 37.1. The lowest BCUT2D eigenvalue weighted by atomic mass is 10.2. The molecule has 1 aliphatic heterocycles. The van der Waals surface area contributed by atoms with Gasteiger partial charge in [0.1, 0.15) is 18.9 Å². The summed E-state index contributed by atoms with van der Waals surface area (Å²) in [4.78, 5) is 12.7. The number of halogens is 1. The molecule has 1 atom stereocenters. The molecule has 1 aliphatic rings. The van der Waals surface area contributed by atoms with Gasteiger partial charge in [-0.15, -0.1) is 0 Å². The Balaban J connectivity index is 1.75. The Labute approximate surface area is 182 Å². The van der Waals surface area contributed by atoms with E-state index in [1.807, 2.05) is 6.07 Å². The molecule has 1 N–H and O–H groups in total. The Bertz CT molecular complexity index is 1010. The van der Waals surface area contributed by atoms with Gasteiger partial charge in [-0.2, -0.15) is 0 Å². The molecule has 1 amide bonds. The Hall–Kier alpha value is -2.29. The van der Waals surface area contributed by atoms with Gasteiger partial charge >= 0.3 is 0 Å². The lowest BCUT2D eigenvalue weighted by Crippen LogP contribution is -2.37. The number of aryl methyl sites for hydroxylation is 1. The molecule has 162 valence electrons. The van der Waals surface area contributed by atoms with Crippen molar-refractivity contribution in [1.82, 2.24) is 0 Å². The lowest BCUT2D eigenvalue weighted by molar-refractivity contribution is -0.114. The molecule has 0 saturated carbocycles. The molecular formula is C21H25ClN2O5S. The van der Waals surface area contributed by atoms with Crippen molar-refractivity contribution in [2.45, 2.75) is 25.9 Å². The first-order chi connectivity index (χ1) is 14.2. The maximum Gasteiger partial charge on any atom is 0.245 e. The number of para-hydroxylation sites is 1. The molecule has 7 nitrogen and oxygen atoms in total. The largest absolute Gasteiger partial charge is 0.489 e. The van der Waals surface area contributed by atoms with Crippen molar-refractivity contribution in [2.24, 2.45) is 0 Å². The normalized spacial score (nSPS) is 16.3. The Morgan fingerprint density at radius 3 is 2.73 bits per heavy atom. The molecule has 30 heavy (non-hydrogen) atoms. The van der Waals surface area contributed by atoms with Gasteiger partial charge in [0.15, 0.2) is 0 Å². The second-order valence-electron chi connectivity index (χ2n) is 7.19. The van der Waals surface area contributed by atoms with E-state index in [2.05, 4.69) is 5.32 Å². The molecule has 0 aliphatic carbocycles. The van der Waals surface area contributed by atoms with Gasteiger partial charge in [-0.1, -0.05) is 29.8 Å². The van der Waals surface area contributed by atoms with Crippen molar-refractivity contribution in [3.05, 3.63) is 53.1 Å². The topological polar surface area (TPSA) is 84.9 Å². The highest BCUT2D eigenvalue weighted by molar-refractivity contribution is 7.92. The zero-order valence-electron chi connectivity index (χ0n) is 16.9. The predicted octanol–water partition coefficient (Wildman–Crippen LogP) is 3.61. The van der Waals surface area contributed by atoms with Gasteiger partial charge in [0, 0.05) is 11.6 Å². The first kappa shape index (κ1) is 22.4. The van der Waals surface area contributed by atoms with Crippen LogP contribution in [0.5, 0.6) is 5.75 Å². The van der Waals surface area contributed by atoms with Crippen LogP contribution >= 0.6 is 11.6 Å². The summed E-state index contributed by atoms with van der Waals surface area (Å²) in [5.74, 6) is -0.0574. The second-order valence-corrected chi connectivity index (χ2v) is 9.53.